The number of amides is 2. The number of carbonyl (C=O) groups is 2. The normalized spacial score (nSPS) is 35.4. The molecule has 4 fully saturated rings. The van der Waals surface area contributed by atoms with E-state index < -0.39 is 0 Å². The number of rotatable bonds is 2. The van der Waals surface area contributed by atoms with E-state index in [4.69, 9.17) is 0 Å². The fourth-order valence-corrected chi connectivity index (χ4v) is 5.36. The number of hydrogen-bond acceptors (Lipinski definition) is 2. The highest BCUT2D eigenvalue weighted by Gasteiger charge is 2.44. The van der Waals surface area contributed by atoms with Crippen molar-refractivity contribution in [1.29, 1.82) is 0 Å². The van der Waals surface area contributed by atoms with Crippen LogP contribution in [0.2, 0.25) is 0 Å². The van der Waals surface area contributed by atoms with Crippen molar-refractivity contribution in [2.45, 2.75) is 51.4 Å². The summed E-state index contributed by atoms with van der Waals surface area (Å²) in [5.41, 5.74) is 0. The van der Waals surface area contributed by atoms with E-state index >= 15 is 0 Å². The number of fused-ring (bicyclic) bond motifs is 2. The molecular formula is C18H28N2O2. The molecule has 0 radical (unpaired) electrons. The van der Waals surface area contributed by atoms with Gasteiger partial charge in [0.25, 0.3) is 0 Å². The lowest BCUT2D eigenvalue weighted by atomic mass is 9.87. The second-order valence-electron chi connectivity index (χ2n) is 7.91. The largest absolute Gasteiger partial charge is 0.339 e. The van der Waals surface area contributed by atoms with Crippen molar-refractivity contribution in [3.8, 4) is 0 Å². The Bertz CT molecular complexity index is 450. The Balaban J connectivity index is 1.30. The average molecular weight is 304 g/mol. The number of nitrogens with zero attached hydrogens (tertiary/aromatic N) is 2. The molecule has 3 aliphatic carbocycles. The third-order valence-electron chi connectivity index (χ3n) is 6.66. The number of piperazine rings is 1. The summed E-state index contributed by atoms with van der Waals surface area (Å²) in [6, 6.07) is 0. The maximum atomic E-state index is 12.7. The van der Waals surface area contributed by atoms with Crippen LogP contribution in [0.1, 0.15) is 51.4 Å². The van der Waals surface area contributed by atoms with E-state index in [-0.39, 0.29) is 5.92 Å². The molecule has 0 spiro atoms. The standard InChI is InChI=1S/C18H28N2O2/c21-17(14-3-1-2-4-14)19-7-9-20(10-8-19)18(22)16-12-13-5-6-15(16)11-13/h13-16H,1-12H2. The zero-order valence-electron chi connectivity index (χ0n) is 13.5. The minimum absolute atomic E-state index is 0.271. The van der Waals surface area contributed by atoms with Crippen LogP contribution in [0.25, 0.3) is 0 Å². The first-order valence-corrected chi connectivity index (χ1v) is 9.30. The molecule has 2 amide bonds. The zero-order valence-corrected chi connectivity index (χ0v) is 13.5. The molecule has 4 nitrogen and oxygen atoms in total. The molecule has 1 aliphatic heterocycles. The van der Waals surface area contributed by atoms with E-state index in [1.165, 1.54) is 32.1 Å². The molecule has 4 rings (SSSR count). The van der Waals surface area contributed by atoms with E-state index in [2.05, 4.69) is 0 Å². The second-order valence-corrected chi connectivity index (χ2v) is 7.91. The highest BCUT2D eigenvalue weighted by Crippen LogP contribution is 2.48. The highest BCUT2D eigenvalue weighted by molar-refractivity contribution is 5.81. The lowest BCUT2D eigenvalue weighted by molar-refractivity contribution is -0.145. The minimum atomic E-state index is 0.271. The summed E-state index contributed by atoms with van der Waals surface area (Å²) in [5, 5.41) is 0. The Labute approximate surface area is 133 Å². The molecule has 0 aromatic carbocycles. The molecule has 0 aromatic rings. The van der Waals surface area contributed by atoms with Gasteiger partial charge in [0.2, 0.25) is 11.8 Å². The van der Waals surface area contributed by atoms with Crippen LogP contribution in [0.3, 0.4) is 0 Å². The zero-order chi connectivity index (χ0) is 15.1. The predicted octanol–water partition coefficient (Wildman–Crippen LogP) is 2.28. The van der Waals surface area contributed by atoms with Gasteiger partial charge < -0.3 is 9.80 Å². The summed E-state index contributed by atoms with van der Waals surface area (Å²) in [5.74, 6) is 2.80. The summed E-state index contributed by atoms with van der Waals surface area (Å²) in [4.78, 5) is 29.3. The maximum absolute atomic E-state index is 12.7. The summed E-state index contributed by atoms with van der Waals surface area (Å²) in [7, 11) is 0. The lowest BCUT2D eigenvalue weighted by Gasteiger charge is -2.38. The van der Waals surface area contributed by atoms with Crippen LogP contribution in [0.15, 0.2) is 0 Å². The summed E-state index contributed by atoms with van der Waals surface area (Å²) in [6.07, 6.45) is 9.59. The van der Waals surface area contributed by atoms with Gasteiger partial charge in [-0.2, -0.15) is 0 Å². The third-order valence-corrected chi connectivity index (χ3v) is 6.66. The molecule has 0 N–H and O–H groups in total. The van der Waals surface area contributed by atoms with Crippen molar-refractivity contribution in [1.82, 2.24) is 9.80 Å². The van der Waals surface area contributed by atoms with Crippen molar-refractivity contribution >= 4 is 11.8 Å². The fourth-order valence-electron chi connectivity index (χ4n) is 5.36. The van der Waals surface area contributed by atoms with Crippen LogP contribution in [0.4, 0.5) is 0 Å². The van der Waals surface area contributed by atoms with E-state index in [0.29, 0.717) is 23.7 Å². The number of hydrogen-bond donors (Lipinski definition) is 0. The van der Waals surface area contributed by atoms with Crippen molar-refractivity contribution in [3.63, 3.8) is 0 Å². The van der Waals surface area contributed by atoms with Crippen LogP contribution < -0.4 is 0 Å². The first kappa shape index (κ1) is 14.5. The summed E-state index contributed by atoms with van der Waals surface area (Å²) < 4.78 is 0. The van der Waals surface area contributed by atoms with Gasteiger partial charge in [-0.25, -0.2) is 0 Å². The Kier molecular flexibility index (Phi) is 3.87. The molecular weight excluding hydrogens is 276 g/mol. The molecule has 2 bridgehead atoms. The Morgan fingerprint density at radius 3 is 1.91 bits per heavy atom. The molecule has 3 saturated carbocycles. The molecule has 1 heterocycles. The van der Waals surface area contributed by atoms with E-state index in [9.17, 15) is 9.59 Å². The third kappa shape index (κ3) is 2.55. The van der Waals surface area contributed by atoms with Gasteiger partial charge in [-0.05, 0) is 43.9 Å². The van der Waals surface area contributed by atoms with Gasteiger partial charge >= 0.3 is 0 Å². The van der Waals surface area contributed by atoms with E-state index in [1.54, 1.807) is 0 Å². The average Bonchev–Trinajstić information content (AvgIpc) is 3.30. The van der Waals surface area contributed by atoms with Gasteiger partial charge in [0.15, 0.2) is 0 Å². The Morgan fingerprint density at radius 1 is 0.727 bits per heavy atom. The molecule has 0 aromatic heterocycles. The predicted molar refractivity (Wildman–Crippen MR) is 84.1 cm³/mol. The Hall–Kier alpha value is -1.06. The van der Waals surface area contributed by atoms with Gasteiger partial charge in [-0.3, -0.25) is 9.59 Å². The summed E-state index contributed by atoms with van der Waals surface area (Å²) in [6.45, 7) is 3.01. The van der Waals surface area contributed by atoms with Crippen LogP contribution in [0.5, 0.6) is 0 Å². The quantitative estimate of drug-likeness (QED) is 0.785. The fraction of sp³-hybridized carbons (Fsp3) is 0.889. The molecule has 3 unspecified atom stereocenters. The first-order valence-electron chi connectivity index (χ1n) is 9.30. The van der Waals surface area contributed by atoms with Crippen molar-refractivity contribution in [2.24, 2.45) is 23.7 Å². The second kappa shape index (κ2) is 5.86. The maximum Gasteiger partial charge on any atom is 0.226 e. The topological polar surface area (TPSA) is 40.6 Å². The van der Waals surface area contributed by atoms with Gasteiger partial charge in [0.05, 0.1) is 0 Å². The van der Waals surface area contributed by atoms with Crippen LogP contribution in [0, 0.1) is 23.7 Å². The SMILES string of the molecule is O=C(C1CCCC1)N1CCN(C(=O)C2CC3CCC2C3)CC1. The molecule has 3 atom stereocenters. The Morgan fingerprint density at radius 2 is 1.36 bits per heavy atom. The monoisotopic (exact) mass is 304 g/mol. The van der Waals surface area contributed by atoms with Crippen LogP contribution >= 0.6 is 0 Å². The van der Waals surface area contributed by atoms with Crippen molar-refractivity contribution in [3.05, 3.63) is 0 Å². The van der Waals surface area contributed by atoms with Gasteiger partial charge in [0, 0.05) is 38.0 Å². The smallest absolute Gasteiger partial charge is 0.226 e. The van der Waals surface area contributed by atoms with Crippen molar-refractivity contribution in [2.75, 3.05) is 26.2 Å². The molecule has 4 aliphatic rings. The first-order chi connectivity index (χ1) is 10.7. The highest BCUT2D eigenvalue weighted by atomic mass is 16.2. The summed E-state index contributed by atoms with van der Waals surface area (Å²) >= 11 is 0. The molecule has 122 valence electrons. The van der Waals surface area contributed by atoms with Gasteiger partial charge in [0.1, 0.15) is 0 Å². The van der Waals surface area contributed by atoms with Crippen LogP contribution in [-0.4, -0.2) is 47.8 Å². The molecule has 1 saturated heterocycles. The van der Waals surface area contributed by atoms with E-state index in [0.717, 1.165) is 51.4 Å². The van der Waals surface area contributed by atoms with Gasteiger partial charge in [-0.1, -0.05) is 19.3 Å². The van der Waals surface area contributed by atoms with Crippen molar-refractivity contribution < 1.29 is 9.59 Å². The number of carbonyl (C=O) groups excluding carboxylic acids is 2. The van der Waals surface area contributed by atoms with Crippen LogP contribution in [-0.2, 0) is 9.59 Å². The molecule has 4 heteroatoms. The minimum Gasteiger partial charge on any atom is -0.339 e. The lowest BCUT2D eigenvalue weighted by Crippen LogP contribution is -2.53. The van der Waals surface area contributed by atoms with E-state index in [1.807, 2.05) is 9.80 Å². The molecule has 22 heavy (non-hydrogen) atoms. The van der Waals surface area contributed by atoms with Gasteiger partial charge in [-0.15, -0.1) is 0 Å².